The van der Waals surface area contributed by atoms with Crippen molar-refractivity contribution in [2.75, 3.05) is 27.4 Å². The maximum atomic E-state index is 13.6. The van der Waals surface area contributed by atoms with E-state index >= 15 is 0 Å². The zero-order chi connectivity index (χ0) is 27.5. The van der Waals surface area contributed by atoms with Gasteiger partial charge in [-0.3, -0.25) is 9.36 Å². The highest BCUT2D eigenvalue weighted by molar-refractivity contribution is 7.54. The van der Waals surface area contributed by atoms with Gasteiger partial charge in [-0.25, -0.2) is 0 Å². The van der Waals surface area contributed by atoms with E-state index in [1.807, 2.05) is 6.07 Å². The molecule has 11 nitrogen and oxygen atoms in total. The standard InChI is InChI=1S/C26H32N3O8P/c1-6-34-38(31,35-7-2)25(19-11-9-8-10-12-19)29-24(30)18(3)36-20-13-15-21(16-14-20)37-26-27-22(32-4)17-23(28-26)33-5/h8-18,25H,6-7H2,1-5H3,(H,29,30). The Morgan fingerprint density at radius 1 is 0.895 bits per heavy atom. The van der Waals surface area contributed by atoms with Crippen molar-refractivity contribution < 1.29 is 37.4 Å². The number of hydrogen-bond donors (Lipinski definition) is 1. The lowest BCUT2D eigenvalue weighted by molar-refractivity contribution is -0.127. The fourth-order valence-corrected chi connectivity index (χ4v) is 5.28. The lowest BCUT2D eigenvalue weighted by atomic mass is 10.2. The molecule has 0 saturated carbocycles. The lowest BCUT2D eigenvalue weighted by Gasteiger charge is -2.28. The molecule has 3 aromatic rings. The summed E-state index contributed by atoms with van der Waals surface area (Å²) in [6.07, 6.45) is -0.921. The van der Waals surface area contributed by atoms with E-state index in [0.29, 0.717) is 28.8 Å². The zero-order valence-corrected chi connectivity index (χ0v) is 22.8. The van der Waals surface area contributed by atoms with Crippen LogP contribution in [0.5, 0.6) is 29.3 Å². The van der Waals surface area contributed by atoms with Gasteiger partial charge >= 0.3 is 13.6 Å². The van der Waals surface area contributed by atoms with Gasteiger partial charge in [-0.05, 0) is 50.6 Å². The molecule has 1 heterocycles. The first kappa shape index (κ1) is 28.9. The first-order valence-electron chi connectivity index (χ1n) is 12.0. The number of carbonyl (C=O) groups is 1. The second kappa shape index (κ2) is 13.8. The summed E-state index contributed by atoms with van der Waals surface area (Å²) < 4.78 is 46.3. The van der Waals surface area contributed by atoms with Crippen molar-refractivity contribution in [3.8, 4) is 29.3 Å². The quantitative estimate of drug-likeness (QED) is 0.272. The molecule has 3 rings (SSSR count). The fraction of sp³-hybridized carbons (Fsp3) is 0.346. The minimum atomic E-state index is -3.71. The van der Waals surface area contributed by atoms with Crippen molar-refractivity contribution in [3.05, 3.63) is 66.2 Å². The highest BCUT2D eigenvalue weighted by Crippen LogP contribution is 2.59. The van der Waals surface area contributed by atoms with Crippen LogP contribution >= 0.6 is 7.60 Å². The topological polar surface area (TPSA) is 127 Å². The van der Waals surface area contributed by atoms with E-state index in [0.717, 1.165) is 0 Å². The molecule has 0 aliphatic heterocycles. The SMILES string of the molecule is CCOP(=O)(OCC)C(NC(=O)C(C)Oc1ccc(Oc2nc(OC)cc(OC)n2)cc1)c1ccccc1. The number of nitrogens with one attached hydrogen (secondary N) is 1. The van der Waals surface area contributed by atoms with E-state index in [-0.39, 0.29) is 19.2 Å². The number of methoxy groups -OCH3 is 2. The van der Waals surface area contributed by atoms with Crippen LogP contribution in [0.2, 0.25) is 0 Å². The van der Waals surface area contributed by atoms with Crippen LogP contribution in [-0.2, 0) is 18.4 Å². The molecule has 1 amide bonds. The van der Waals surface area contributed by atoms with E-state index in [2.05, 4.69) is 15.3 Å². The number of hydrogen-bond acceptors (Lipinski definition) is 10. The predicted octanol–water partition coefficient (Wildman–Crippen LogP) is 5.13. The van der Waals surface area contributed by atoms with Crippen molar-refractivity contribution in [1.29, 1.82) is 0 Å². The molecule has 2 unspecified atom stereocenters. The van der Waals surface area contributed by atoms with Crippen molar-refractivity contribution in [2.45, 2.75) is 32.7 Å². The Labute approximate surface area is 221 Å². The van der Waals surface area contributed by atoms with Crippen LogP contribution in [0.1, 0.15) is 32.1 Å². The van der Waals surface area contributed by atoms with Crippen LogP contribution in [-0.4, -0.2) is 49.4 Å². The number of carbonyl (C=O) groups excluding carboxylic acids is 1. The third-order valence-electron chi connectivity index (χ3n) is 5.12. The highest BCUT2D eigenvalue weighted by atomic mass is 31.2. The molecule has 0 aliphatic carbocycles. The Kier molecular flexibility index (Phi) is 10.5. The van der Waals surface area contributed by atoms with Gasteiger partial charge in [0.25, 0.3) is 5.91 Å². The number of benzene rings is 2. The molecule has 38 heavy (non-hydrogen) atoms. The maximum absolute atomic E-state index is 13.6. The number of amides is 1. The van der Waals surface area contributed by atoms with Crippen LogP contribution in [0.4, 0.5) is 0 Å². The number of aromatic nitrogens is 2. The third-order valence-corrected chi connectivity index (χ3v) is 7.42. The third kappa shape index (κ3) is 7.67. The van der Waals surface area contributed by atoms with Gasteiger partial charge in [-0.1, -0.05) is 30.3 Å². The molecule has 1 aromatic heterocycles. The van der Waals surface area contributed by atoms with E-state index in [9.17, 15) is 9.36 Å². The van der Waals surface area contributed by atoms with Gasteiger partial charge in [0.05, 0.1) is 33.5 Å². The molecule has 0 aliphatic rings. The Bertz CT molecular complexity index is 1190. The molecule has 2 atom stereocenters. The van der Waals surface area contributed by atoms with E-state index in [1.165, 1.54) is 20.3 Å². The van der Waals surface area contributed by atoms with Gasteiger partial charge in [-0.2, -0.15) is 9.97 Å². The second-order valence-corrected chi connectivity index (χ2v) is 9.88. The van der Waals surface area contributed by atoms with Gasteiger partial charge in [0, 0.05) is 0 Å². The summed E-state index contributed by atoms with van der Waals surface area (Å²) in [5.41, 5.74) is 0.594. The molecule has 2 aromatic carbocycles. The van der Waals surface area contributed by atoms with Crippen molar-refractivity contribution in [1.82, 2.24) is 15.3 Å². The molecule has 0 spiro atoms. The van der Waals surface area contributed by atoms with Gasteiger partial charge in [0.15, 0.2) is 11.9 Å². The lowest BCUT2D eigenvalue weighted by Crippen LogP contribution is -2.39. The molecular weight excluding hydrogens is 513 g/mol. The van der Waals surface area contributed by atoms with Crippen LogP contribution in [0.25, 0.3) is 0 Å². The maximum Gasteiger partial charge on any atom is 0.357 e. The normalized spacial score (nSPS) is 12.8. The van der Waals surface area contributed by atoms with E-state index in [1.54, 1.807) is 69.3 Å². The second-order valence-electron chi connectivity index (χ2n) is 7.77. The first-order valence-corrected chi connectivity index (χ1v) is 13.6. The minimum absolute atomic E-state index is 0.0441. The molecule has 0 bridgehead atoms. The molecule has 0 saturated heterocycles. The van der Waals surface area contributed by atoms with Crippen LogP contribution in [0, 0.1) is 0 Å². The Hall–Kier alpha value is -3.66. The summed E-state index contributed by atoms with van der Waals surface area (Å²) in [5, 5.41) is 2.79. The molecule has 0 fully saturated rings. The molecule has 12 heteroatoms. The average Bonchev–Trinajstić information content (AvgIpc) is 2.93. The molecule has 1 N–H and O–H groups in total. The zero-order valence-electron chi connectivity index (χ0n) is 22.0. The fourth-order valence-electron chi connectivity index (χ4n) is 3.37. The van der Waals surface area contributed by atoms with Crippen LogP contribution < -0.4 is 24.3 Å². The Morgan fingerprint density at radius 3 is 1.97 bits per heavy atom. The summed E-state index contributed by atoms with van der Waals surface area (Å²) in [6.45, 7) is 5.33. The van der Waals surface area contributed by atoms with E-state index < -0.39 is 25.4 Å². The van der Waals surface area contributed by atoms with Crippen LogP contribution in [0.3, 0.4) is 0 Å². The summed E-state index contributed by atoms with van der Waals surface area (Å²) in [7, 11) is -0.762. The summed E-state index contributed by atoms with van der Waals surface area (Å²) in [5.74, 6) is -0.0627. The Balaban J connectivity index is 1.70. The smallest absolute Gasteiger partial charge is 0.357 e. The molecule has 0 radical (unpaired) electrons. The van der Waals surface area contributed by atoms with E-state index in [4.69, 9.17) is 28.0 Å². The number of ether oxygens (including phenoxy) is 4. The van der Waals surface area contributed by atoms with Gasteiger partial charge < -0.3 is 33.3 Å². The molecule has 204 valence electrons. The largest absolute Gasteiger partial charge is 0.481 e. The first-order chi connectivity index (χ1) is 18.3. The van der Waals surface area contributed by atoms with Crippen molar-refractivity contribution >= 4 is 13.5 Å². The predicted molar refractivity (Wildman–Crippen MR) is 140 cm³/mol. The van der Waals surface area contributed by atoms with Gasteiger partial charge in [-0.15, -0.1) is 0 Å². The van der Waals surface area contributed by atoms with Gasteiger partial charge in [0.2, 0.25) is 11.8 Å². The van der Waals surface area contributed by atoms with Crippen LogP contribution in [0.15, 0.2) is 60.7 Å². The van der Waals surface area contributed by atoms with Crippen molar-refractivity contribution in [3.63, 3.8) is 0 Å². The summed E-state index contributed by atoms with van der Waals surface area (Å²) >= 11 is 0. The van der Waals surface area contributed by atoms with Crippen molar-refractivity contribution in [2.24, 2.45) is 0 Å². The Morgan fingerprint density at radius 2 is 1.45 bits per heavy atom. The summed E-state index contributed by atoms with van der Waals surface area (Å²) in [4.78, 5) is 21.3. The summed E-state index contributed by atoms with van der Waals surface area (Å²) in [6, 6.07) is 17.0. The molecular formula is C26H32N3O8P. The monoisotopic (exact) mass is 545 g/mol. The number of rotatable bonds is 14. The minimum Gasteiger partial charge on any atom is -0.481 e. The van der Waals surface area contributed by atoms with Gasteiger partial charge in [0.1, 0.15) is 11.5 Å². The number of nitrogens with zero attached hydrogens (tertiary/aromatic N) is 2. The highest BCUT2D eigenvalue weighted by Gasteiger charge is 2.39. The average molecular weight is 546 g/mol.